The Labute approximate surface area is 186 Å². The predicted octanol–water partition coefficient (Wildman–Crippen LogP) is 2.06. The minimum Gasteiger partial charge on any atom is -0.496 e. The fourth-order valence-corrected chi connectivity index (χ4v) is 4.17. The van der Waals surface area contributed by atoms with Gasteiger partial charge in [-0.25, -0.2) is 0 Å². The third-order valence-corrected chi connectivity index (χ3v) is 5.90. The van der Waals surface area contributed by atoms with Crippen LogP contribution in [0.3, 0.4) is 0 Å². The lowest BCUT2D eigenvalue weighted by molar-refractivity contribution is -0.131. The van der Waals surface area contributed by atoms with Crippen LogP contribution in [-0.2, 0) is 4.79 Å². The smallest absolute Gasteiger partial charge is 0.261 e. The van der Waals surface area contributed by atoms with Crippen LogP contribution in [0, 0.1) is 0 Å². The molecule has 0 atom stereocenters. The van der Waals surface area contributed by atoms with Crippen LogP contribution in [0.4, 0.5) is 0 Å². The molecular weight excluding hydrogens is 410 g/mol. The lowest BCUT2D eigenvalue weighted by Gasteiger charge is -2.23. The van der Waals surface area contributed by atoms with Gasteiger partial charge in [0.05, 0.1) is 23.8 Å². The van der Waals surface area contributed by atoms with Crippen molar-refractivity contribution in [3.63, 3.8) is 0 Å². The van der Waals surface area contributed by atoms with Crippen LogP contribution in [-0.4, -0.2) is 78.2 Å². The summed E-state index contributed by atoms with van der Waals surface area (Å²) in [7, 11) is 1.53. The molecule has 166 valence electrons. The summed E-state index contributed by atoms with van der Waals surface area (Å²) in [5, 5.41) is 0. The summed E-state index contributed by atoms with van der Waals surface area (Å²) in [5.74, 6) is -0.447. The molecule has 8 heteroatoms. The van der Waals surface area contributed by atoms with Crippen LogP contribution in [0.25, 0.3) is 0 Å². The van der Waals surface area contributed by atoms with Crippen molar-refractivity contribution in [3.05, 3.63) is 65.2 Å². The van der Waals surface area contributed by atoms with E-state index < -0.39 is 0 Å². The Morgan fingerprint density at radius 3 is 2.12 bits per heavy atom. The maximum atomic E-state index is 12.9. The number of imide groups is 1. The summed E-state index contributed by atoms with van der Waals surface area (Å²) in [6.45, 7) is 1.93. The zero-order valence-electron chi connectivity index (χ0n) is 18.0. The fourth-order valence-electron chi connectivity index (χ4n) is 4.17. The molecule has 8 nitrogen and oxygen atoms in total. The highest BCUT2D eigenvalue weighted by Gasteiger charge is 2.35. The Balaban J connectivity index is 1.34. The summed E-state index contributed by atoms with van der Waals surface area (Å²) >= 11 is 0. The molecule has 2 aromatic rings. The third kappa shape index (κ3) is 4.08. The molecule has 2 aliphatic heterocycles. The number of ether oxygens (including phenoxy) is 1. The van der Waals surface area contributed by atoms with Crippen LogP contribution in [0.5, 0.6) is 5.75 Å². The normalized spacial score (nSPS) is 16.1. The summed E-state index contributed by atoms with van der Waals surface area (Å²) in [6.07, 6.45) is 0.714. The zero-order chi connectivity index (χ0) is 22.7. The third-order valence-electron chi connectivity index (χ3n) is 5.90. The minimum absolute atomic E-state index is 0.0472. The van der Waals surface area contributed by atoms with Gasteiger partial charge < -0.3 is 14.5 Å². The van der Waals surface area contributed by atoms with Gasteiger partial charge in [-0.1, -0.05) is 24.3 Å². The van der Waals surface area contributed by atoms with E-state index in [0.717, 1.165) is 4.90 Å². The summed E-state index contributed by atoms with van der Waals surface area (Å²) in [5.41, 5.74) is 1.26. The number of rotatable bonds is 5. The van der Waals surface area contributed by atoms with Crippen molar-refractivity contribution >= 4 is 23.6 Å². The molecule has 32 heavy (non-hydrogen) atoms. The molecule has 0 radical (unpaired) electrons. The van der Waals surface area contributed by atoms with Crippen molar-refractivity contribution in [2.45, 2.75) is 12.8 Å². The average Bonchev–Trinajstić information content (AvgIpc) is 2.98. The van der Waals surface area contributed by atoms with E-state index in [-0.39, 0.29) is 36.6 Å². The van der Waals surface area contributed by atoms with Crippen molar-refractivity contribution in [2.24, 2.45) is 0 Å². The molecule has 2 aromatic carbocycles. The lowest BCUT2D eigenvalue weighted by atomic mass is 10.1. The molecular formula is C24H25N3O5. The van der Waals surface area contributed by atoms with Crippen molar-refractivity contribution < 1.29 is 23.9 Å². The van der Waals surface area contributed by atoms with Crippen molar-refractivity contribution in [3.8, 4) is 5.75 Å². The van der Waals surface area contributed by atoms with E-state index in [4.69, 9.17) is 4.74 Å². The molecule has 2 aliphatic rings. The molecule has 1 saturated heterocycles. The summed E-state index contributed by atoms with van der Waals surface area (Å²) in [6, 6.07) is 13.8. The first kappa shape index (κ1) is 21.5. The Morgan fingerprint density at radius 2 is 1.44 bits per heavy atom. The topological polar surface area (TPSA) is 87.2 Å². The maximum Gasteiger partial charge on any atom is 0.261 e. The highest BCUT2D eigenvalue weighted by molar-refractivity contribution is 6.21. The molecule has 0 aliphatic carbocycles. The van der Waals surface area contributed by atoms with Crippen molar-refractivity contribution in [2.75, 3.05) is 39.8 Å². The second-order valence-corrected chi connectivity index (χ2v) is 7.78. The van der Waals surface area contributed by atoms with E-state index >= 15 is 0 Å². The number of amides is 4. The van der Waals surface area contributed by atoms with Crippen molar-refractivity contribution in [1.29, 1.82) is 0 Å². The predicted molar refractivity (Wildman–Crippen MR) is 117 cm³/mol. The molecule has 0 N–H and O–H groups in total. The SMILES string of the molecule is COc1ccccc1C(=O)N1CCCN(C(=O)CCN2C(=O)c3ccccc3C2=O)CC1. The van der Waals surface area contributed by atoms with Crippen LogP contribution < -0.4 is 4.74 Å². The van der Waals surface area contributed by atoms with Gasteiger partial charge in [0.1, 0.15) is 5.75 Å². The van der Waals surface area contributed by atoms with Gasteiger partial charge in [0, 0.05) is 39.1 Å². The number of hydrogen-bond acceptors (Lipinski definition) is 5. The van der Waals surface area contributed by atoms with Gasteiger partial charge in [0.2, 0.25) is 5.91 Å². The Kier molecular flexibility index (Phi) is 6.20. The van der Waals surface area contributed by atoms with Gasteiger partial charge in [-0.15, -0.1) is 0 Å². The first-order chi connectivity index (χ1) is 15.5. The number of benzene rings is 2. The largest absolute Gasteiger partial charge is 0.496 e. The number of methoxy groups -OCH3 is 1. The summed E-state index contributed by atoms with van der Waals surface area (Å²) in [4.78, 5) is 55.3. The fraction of sp³-hybridized carbons (Fsp3) is 0.333. The molecule has 0 aromatic heterocycles. The molecule has 0 saturated carbocycles. The highest BCUT2D eigenvalue weighted by atomic mass is 16.5. The van der Waals surface area contributed by atoms with Crippen LogP contribution in [0.2, 0.25) is 0 Å². The number of carbonyl (C=O) groups is 4. The molecule has 0 spiro atoms. The summed E-state index contributed by atoms with van der Waals surface area (Å²) < 4.78 is 5.30. The van der Waals surface area contributed by atoms with E-state index in [9.17, 15) is 19.2 Å². The number of nitrogens with zero attached hydrogens (tertiary/aromatic N) is 3. The number of hydrogen-bond donors (Lipinski definition) is 0. The van der Waals surface area contributed by atoms with Gasteiger partial charge in [0.15, 0.2) is 0 Å². The van der Waals surface area contributed by atoms with Gasteiger partial charge in [0.25, 0.3) is 17.7 Å². The van der Waals surface area contributed by atoms with E-state index in [2.05, 4.69) is 0 Å². The van der Waals surface area contributed by atoms with Gasteiger partial charge in [-0.2, -0.15) is 0 Å². The minimum atomic E-state index is -0.358. The first-order valence-corrected chi connectivity index (χ1v) is 10.7. The second-order valence-electron chi connectivity index (χ2n) is 7.78. The van der Waals surface area contributed by atoms with Gasteiger partial charge >= 0.3 is 0 Å². The Bertz CT molecular complexity index is 1030. The molecule has 4 amide bonds. The number of para-hydroxylation sites is 1. The Hall–Kier alpha value is -3.68. The highest BCUT2D eigenvalue weighted by Crippen LogP contribution is 2.23. The van der Waals surface area contributed by atoms with Gasteiger partial charge in [-0.3, -0.25) is 24.1 Å². The van der Waals surface area contributed by atoms with E-state index in [1.807, 2.05) is 6.07 Å². The number of fused-ring (bicyclic) bond motifs is 1. The van der Waals surface area contributed by atoms with E-state index in [0.29, 0.717) is 55.0 Å². The van der Waals surface area contributed by atoms with Crippen LogP contribution in [0.1, 0.15) is 43.9 Å². The van der Waals surface area contributed by atoms with E-state index in [1.54, 1.807) is 52.3 Å². The molecule has 2 heterocycles. The Morgan fingerprint density at radius 1 is 0.844 bits per heavy atom. The number of carbonyl (C=O) groups excluding carboxylic acids is 4. The second kappa shape index (κ2) is 9.21. The monoisotopic (exact) mass is 435 g/mol. The quantitative estimate of drug-likeness (QED) is 0.671. The van der Waals surface area contributed by atoms with Crippen LogP contribution >= 0.6 is 0 Å². The van der Waals surface area contributed by atoms with E-state index in [1.165, 1.54) is 7.11 Å². The molecule has 1 fully saturated rings. The lowest BCUT2D eigenvalue weighted by Crippen LogP contribution is -2.39. The molecule has 4 rings (SSSR count). The average molecular weight is 435 g/mol. The van der Waals surface area contributed by atoms with Crippen molar-refractivity contribution in [1.82, 2.24) is 14.7 Å². The van der Waals surface area contributed by atoms with Crippen LogP contribution in [0.15, 0.2) is 48.5 Å². The maximum absolute atomic E-state index is 12.9. The molecule has 0 bridgehead atoms. The standard InChI is InChI=1S/C24H25N3O5/c1-32-20-10-5-4-9-19(20)22(29)26-13-6-12-25(15-16-26)21(28)11-14-27-23(30)17-7-2-3-8-18(17)24(27)31/h2-5,7-10H,6,11-16H2,1H3. The first-order valence-electron chi connectivity index (χ1n) is 10.7. The van der Waals surface area contributed by atoms with Gasteiger partial charge in [-0.05, 0) is 30.7 Å². The zero-order valence-corrected chi connectivity index (χ0v) is 18.0. The molecule has 0 unspecified atom stereocenters.